The van der Waals surface area contributed by atoms with Crippen LogP contribution in [0.4, 0.5) is 4.79 Å². The number of hydrogen-bond acceptors (Lipinski definition) is 5. The number of halogens is 1. The molecule has 4 rings (SSSR count). The van der Waals surface area contributed by atoms with Gasteiger partial charge in [0.2, 0.25) is 0 Å². The molecule has 1 aromatic heterocycles. The van der Waals surface area contributed by atoms with E-state index in [1.54, 1.807) is 17.0 Å². The fourth-order valence-corrected chi connectivity index (χ4v) is 5.03. The molecule has 1 unspecified atom stereocenters. The van der Waals surface area contributed by atoms with E-state index in [9.17, 15) is 19.5 Å². The molecule has 9 heteroatoms. The number of aromatic nitrogens is 1. The van der Waals surface area contributed by atoms with E-state index < -0.39 is 6.09 Å². The molecular weight excluding hydrogens is 434 g/mol. The second-order valence-electron chi connectivity index (χ2n) is 8.55. The van der Waals surface area contributed by atoms with E-state index in [0.29, 0.717) is 48.6 Å². The average Bonchev–Trinajstić information content (AvgIpc) is 2.78. The van der Waals surface area contributed by atoms with Crippen LogP contribution in [0.5, 0.6) is 0 Å². The Morgan fingerprint density at radius 3 is 2.75 bits per heavy atom. The maximum atomic E-state index is 13.1. The molecule has 0 bridgehead atoms. The lowest BCUT2D eigenvalue weighted by atomic mass is 9.84. The second kappa shape index (κ2) is 8.94. The molecule has 2 aromatic rings. The van der Waals surface area contributed by atoms with E-state index in [-0.39, 0.29) is 23.8 Å². The van der Waals surface area contributed by atoms with Gasteiger partial charge in [-0.05, 0) is 49.8 Å². The monoisotopic (exact) mass is 459 g/mol. The van der Waals surface area contributed by atoms with Gasteiger partial charge in [0, 0.05) is 48.7 Å². The Morgan fingerprint density at radius 2 is 2.06 bits per heavy atom. The summed E-state index contributed by atoms with van der Waals surface area (Å²) in [5, 5.41) is 10.6. The van der Waals surface area contributed by atoms with Crippen molar-refractivity contribution >= 4 is 40.5 Å². The number of nitrogens with zero attached hydrogens (tertiary/aromatic N) is 3. The summed E-state index contributed by atoms with van der Waals surface area (Å²) < 4.78 is 4.80. The zero-order chi connectivity index (χ0) is 23.0. The van der Waals surface area contributed by atoms with Gasteiger partial charge in [0.25, 0.3) is 5.91 Å². The lowest BCUT2D eigenvalue weighted by Gasteiger charge is -2.38. The van der Waals surface area contributed by atoms with Crippen molar-refractivity contribution in [1.82, 2.24) is 14.8 Å². The van der Waals surface area contributed by atoms with Crippen LogP contribution in [0.1, 0.15) is 41.4 Å². The van der Waals surface area contributed by atoms with Gasteiger partial charge in [-0.15, -0.1) is 0 Å². The van der Waals surface area contributed by atoms with Crippen molar-refractivity contribution in [2.75, 3.05) is 26.7 Å². The molecule has 0 spiro atoms. The first-order chi connectivity index (χ1) is 15.3. The fourth-order valence-electron chi connectivity index (χ4n) is 4.68. The molecule has 0 radical (unpaired) electrons. The molecule has 32 heavy (non-hydrogen) atoms. The number of carbonyl (C=O) groups excluding carboxylic acids is 2. The highest BCUT2D eigenvalue weighted by atomic mass is 35.5. The van der Waals surface area contributed by atoms with Crippen molar-refractivity contribution in [2.45, 2.75) is 38.6 Å². The van der Waals surface area contributed by atoms with Crippen LogP contribution < -0.4 is 0 Å². The topological polar surface area (TPSA) is 100 Å². The summed E-state index contributed by atoms with van der Waals surface area (Å²) in [4.78, 5) is 43.8. The number of carbonyl (C=O) groups is 3. The highest BCUT2D eigenvalue weighted by molar-refractivity contribution is 6.36. The number of fused-ring (bicyclic) bond motifs is 2. The van der Waals surface area contributed by atoms with Crippen molar-refractivity contribution in [1.29, 1.82) is 0 Å². The Bertz CT molecular complexity index is 1090. The lowest BCUT2D eigenvalue weighted by Crippen LogP contribution is -2.55. The van der Waals surface area contributed by atoms with E-state index in [4.69, 9.17) is 21.3 Å². The van der Waals surface area contributed by atoms with Crippen molar-refractivity contribution in [3.05, 3.63) is 40.0 Å². The van der Waals surface area contributed by atoms with Gasteiger partial charge in [-0.3, -0.25) is 14.6 Å². The zero-order valence-corrected chi connectivity index (χ0v) is 18.9. The molecule has 1 N–H and O–H groups in total. The summed E-state index contributed by atoms with van der Waals surface area (Å²) in [6.07, 6.45) is 1.63. The second-order valence-corrected chi connectivity index (χ2v) is 8.93. The third-order valence-electron chi connectivity index (χ3n) is 6.47. The van der Waals surface area contributed by atoms with Crippen LogP contribution in [0.3, 0.4) is 0 Å². The molecule has 2 aliphatic rings. The molecule has 2 amide bonds. The van der Waals surface area contributed by atoms with Gasteiger partial charge in [0.1, 0.15) is 0 Å². The molecular formula is C23H26ClN3O5. The number of amides is 2. The van der Waals surface area contributed by atoms with Crippen LogP contribution in [-0.4, -0.2) is 70.6 Å². The summed E-state index contributed by atoms with van der Waals surface area (Å²) in [7, 11) is 1.40. The van der Waals surface area contributed by atoms with Crippen molar-refractivity contribution in [2.24, 2.45) is 5.92 Å². The zero-order valence-electron chi connectivity index (χ0n) is 18.1. The Morgan fingerprint density at radius 1 is 1.28 bits per heavy atom. The molecule has 0 saturated carbocycles. The van der Waals surface area contributed by atoms with E-state index in [1.165, 1.54) is 12.0 Å². The van der Waals surface area contributed by atoms with E-state index >= 15 is 0 Å². The van der Waals surface area contributed by atoms with Crippen LogP contribution in [0.15, 0.2) is 18.2 Å². The van der Waals surface area contributed by atoms with Crippen molar-refractivity contribution in [3.8, 4) is 0 Å². The number of hydrogen-bond donors (Lipinski definition) is 1. The van der Waals surface area contributed by atoms with Gasteiger partial charge in [-0.1, -0.05) is 17.7 Å². The SMILES string of the molecule is COC(=O)CC1CCc2nc3cc(C(=O)N4CCN(C(=O)O)C[C@H]4C)ccc3c(Cl)c2C1. The maximum Gasteiger partial charge on any atom is 0.407 e. The third kappa shape index (κ3) is 4.24. The molecule has 1 fully saturated rings. The molecule has 1 saturated heterocycles. The number of methoxy groups -OCH3 is 1. The number of pyridine rings is 1. The average molecular weight is 460 g/mol. The van der Waals surface area contributed by atoms with Gasteiger partial charge < -0.3 is 19.6 Å². The summed E-state index contributed by atoms with van der Waals surface area (Å²) in [6.45, 7) is 2.79. The van der Waals surface area contributed by atoms with Crippen LogP contribution >= 0.6 is 11.6 Å². The van der Waals surface area contributed by atoms with Gasteiger partial charge in [0.05, 0.1) is 17.6 Å². The predicted octanol–water partition coefficient (Wildman–Crippen LogP) is 3.38. The Balaban J connectivity index is 1.58. The molecule has 2 heterocycles. The number of rotatable bonds is 3. The van der Waals surface area contributed by atoms with Crippen LogP contribution in [0.2, 0.25) is 5.02 Å². The predicted molar refractivity (Wildman–Crippen MR) is 119 cm³/mol. The number of carboxylic acid groups (broad SMARTS) is 1. The highest BCUT2D eigenvalue weighted by Gasteiger charge is 2.31. The Hall–Kier alpha value is -2.87. The van der Waals surface area contributed by atoms with Gasteiger partial charge in [-0.25, -0.2) is 4.79 Å². The molecule has 2 atom stereocenters. The minimum Gasteiger partial charge on any atom is -0.469 e. The Kier molecular flexibility index (Phi) is 6.24. The first-order valence-electron chi connectivity index (χ1n) is 10.7. The summed E-state index contributed by atoms with van der Waals surface area (Å²) in [5.74, 6) is -0.179. The smallest absolute Gasteiger partial charge is 0.407 e. The number of esters is 1. The molecule has 8 nitrogen and oxygen atoms in total. The molecule has 1 aliphatic heterocycles. The number of benzene rings is 1. The first-order valence-corrected chi connectivity index (χ1v) is 11.1. The molecule has 1 aliphatic carbocycles. The first kappa shape index (κ1) is 22.3. The summed E-state index contributed by atoms with van der Waals surface area (Å²) >= 11 is 6.73. The minimum atomic E-state index is -0.966. The van der Waals surface area contributed by atoms with E-state index in [1.807, 2.05) is 13.0 Å². The highest BCUT2D eigenvalue weighted by Crippen LogP contribution is 2.36. The lowest BCUT2D eigenvalue weighted by molar-refractivity contribution is -0.141. The standard InChI is InChI=1S/C23H26ClN3O5/c1-13-12-26(23(30)31)7-8-27(13)22(29)15-4-5-16-19(11-15)25-18-6-3-14(10-20(28)32-2)9-17(18)21(16)24/h4-5,11,13-14H,3,6-10,12H2,1-2H3,(H,30,31)/t13-,14?/m1/s1. The van der Waals surface area contributed by atoms with Crippen LogP contribution in [0.25, 0.3) is 10.9 Å². The number of ether oxygens (including phenoxy) is 1. The van der Waals surface area contributed by atoms with Gasteiger partial charge in [0.15, 0.2) is 0 Å². The van der Waals surface area contributed by atoms with Gasteiger partial charge in [-0.2, -0.15) is 0 Å². The van der Waals surface area contributed by atoms with Crippen LogP contribution in [0, 0.1) is 5.92 Å². The summed E-state index contributed by atoms with van der Waals surface area (Å²) in [5.41, 5.74) is 3.06. The maximum absolute atomic E-state index is 13.1. The fraction of sp³-hybridized carbons (Fsp3) is 0.478. The Labute approximate surface area is 191 Å². The normalized spacial score (nSPS) is 20.7. The number of piperazine rings is 1. The minimum absolute atomic E-state index is 0.141. The van der Waals surface area contributed by atoms with Gasteiger partial charge >= 0.3 is 12.1 Å². The van der Waals surface area contributed by atoms with E-state index in [0.717, 1.165) is 29.5 Å². The third-order valence-corrected chi connectivity index (χ3v) is 6.91. The van der Waals surface area contributed by atoms with Crippen LogP contribution in [-0.2, 0) is 22.4 Å². The van der Waals surface area contributed by atoms with Crippen molar-refractivity contribution in [3.63, 3.8) is 0 Å². The number of aryl methyl sites for hydroxylation is 1. The molecule has 1 aromatic carbocycles. The largest absolute Gasteiger partial charge is 0.469 e. The molecule has 170 valence electrons. The van der Waals surface area contributed by atoms with E-state index in [2.05, 4.69) is 0 Å². The quantitative estimate of drug-likeness (QED) is 0.706. The van der Waals surface area contributed by atoms with Crippen molar-refractivity contribution < 1.29 is 24.2 Å². The summed E-state index contributed by atoms with van der Waals surface area (Å²) in [6, 6.07) is 5.12.